The lowest BCUT2D eigenvalue weighted by molar-refractivity contribution is -0.137. The SMILES string of the molecule is CC1=CN2C(=NC3C2C(=O)N(Cc2ccccc2F)C(=O)N3C)N1c1ccccc1O. The van der Waals surface area contributed by atoms with Crippen molar-refractivity contribution < 1.29 is 19.1 Å². The molecule has 8 nitrogen and oxygen atoms in total. The smallest absolute Gasteiger partial charge is 0.328 e. The summed E-state index contributed by atoms with van der Waals surface area (Å²) < 4.78 is 14.2. The number of allylic oxidation sites excluding steroid dienone is 1. The van der Waals surface area contributed by atoms with E-state index in [2.05, 4.69) is 4.99 Å². The van der Waals surface area contributed by atoms with Crippen molar-refractivity contribution in [2.45, 2.75) is 25.7 Å². The van der Waals surface area contributed by atoms with E-state index >= 15 is 0 Å². The molecule has 0 spiro atoms. The van der Waals surface area contributed by atoms with Gasteiger partial charge in [0.05, 0.1) is 12.2 Å². The summed E-state index contributed by atoms with van der Waals surface area (Å²) in [5.41, 5.74) is 1.56. The lowest BCUT2D eigenvalue weighted by atomic mass is 10.1. The van der Waals surface area contributed by atoms with E-state index in [1.165, 1.54) is 11.0 Å². The predicted octanol–water partition coefficient (Wildman–Crippen LogP) is 2.67. The molecule has 3 heterocycles. The minimum Gasteiger partial charge on any atom is -0.506 e. The molecular weight excluding hydrogens is 401 g/mol. The van der Waals surface area contributed by atoms with Crippen molar-refractivity contribution in [1.29, 1.82) is 0 Å². The molecule has 0 radical (unpaired) electrons. The van der Waals surface area contributed by atoms with Gasteiger partial charge in [0, 0.05) is 24.5 Å². The van der Waals surface area contributed by atoms with Crippen LogP contribution >= 0.6 is 0 Å². The summed E-state index contributed by atoms with van der Waals surface area (Å²) in [6, 6.07) is 11.6. The van der Waals surface area contributed by atoms with Crippen LogP contribution in [0.2, 0.25) is 0 Å². The van der Waals surface area contributed by atoms with Crippen molar-refractivity contribution in [2.24, 2.45) is 4.99 Å². The van der Waals surface area contributed by atoms with Crippen molar-refractivity contribution >= 4 is 23.6 Å². The van der Waals surface area contributed by atoms with Crippen LogP contribution in [-0.4, -0.2) is 57.0 Å². The third kappa shape index (κ3) is 2.77. The molecule has 0 saturated carbocycles. The number of hydrogen-bond acceptors (Lipinski definition) is 6. The van der Waals surface area contributed by atoms with Crippen LogP contribution in [0.5, 0.6) is 5.75 Å². The van der Waals surface area contributed by atoms with Crippen LogP contribution in [0.1, 0.15) is 12.5 Å². The number of likely N-dealkylation sites (N-methyl/N-ethyl adjacent to an activating group) is 1. The number of phenols is 1. The van der Waals surface area contributed by atoms with E-state index in [0.29, 0.717) is 11.6 Å². The Balaban J connectivity index is 1.50. The number of phenolic OH excluding ortho intramolecular Hbond substituents is 1. The predicted molar refractivity (Wildman–Crippen MR) is 111 cm³/mol. The average Bonchev–Trinajstić information content (AvgIpc) is 3.26. The molecule has 158 valence electrons. The van der Waals surface area contributed by atoms with Crippen LogP contribution in [0, 0.1) is 5.82 Å². The molecule has 0 aromatic heterocycles. The van der Waals surface area contributed by atoms with Gasteiger partial charge < -0.3 is 14.9 Å². The molecule has 1 saturated heterocycles. The number of para-hydroxylation sites is 2. The number of fused-ring (bicyclic) bond motifs is 3. The summed E-state index contributed by atoms with van der Waals surface area (Å²) in [6.45, 7) is 1.69. The lowest BCUT2D eigenvalue weighted by Crippen LogP contribution is -2.63. The molecule has 0 aliphatic carbocycles. The first-order valence-electron chi connectivity index (χ1n) is 9.82. The van der Waals surface area contributed by atoms with Crippen molar-refractivity contribution in [1.82, 2.24) is 14.7 Å². The zero-order valence-corrected chi connectivity index (χ0v) is 16.9. The van der Waals surface area contributed by atoms with E-state index in [9.17, 15) is 19.1 Å². The fourth-order valence-corrected chi connectivity index (χ4v) is 4.25. The van der Waals surface area contributed by atoms with Crippen LogP contribution in [-0.2, 0) is 11.3 Å². The van der Waals surface area contributed by atoms with Gasteiger partial charge in [0.1, 0.15) is 11.6 Å². The maximum atomic E-state index is 14.2. The highest BCUT2D eigenvalue weighted by molar-refractivity contribution is 6.10. The van der Waals surface area contributed by atoms with Crippen LogP contribution in [0.3, 0.4) is 0 Å². The van der Waals surface area contributed by atoms with Crippen LogP contribution < -0.4 is 4.90 Å². The molecule has 1 fully saturated rings. The summed E-state index contributed by atoms with van der Waals surface area (Å²) >= 11 is 0. The Hall–Kier alpha value is -3.88. The molecule has 0 bridgehead atoms. The Bertz CT molecular complexity index is 1160. The van der Waals surface area contributed by atoms with Gasteiger partial charge in [0.25, 0.3) is 5.91 Å². The molecule has 2 unspecified atom stereocenters. The second-order valence-electron chi connectivity index (χ2n) is 7.70. The van der Waals surface area contributed by atoms with Gasteiger partial charge in [-0.2, -0.15) is 0 Å². The zero-order chi connectivity index (χ0) is 21.9. The highest BCUT2D eigenvalue weighted by Gasteiger charge is 2.54. The molecule has 3 amide bonds. The number of halogens is 1. The Labute approximate surface area is 178 Å². The number of hydrogen-bond donors (Lipinski definition) is 1. The van der Waals surface area contributed by atoms with Gasteiger partial charge >= 0.3 is 6.03 Å². The first-order valence-corrected chi connectivity index (χ1v) is 9.82. The number of aromatic hydroxyl groups is 1. The van der Waals surface area contributed by atoms with Crippen molar-refractivity contribution in [3.05, 3.63) is 71.8 Å². The van der Waals surface area contributed by atoms with E-state index in [4.69, 9.17) is 0 Å². The minimum absolute atomic E-state index is 0.0756. The number of amides is 3. The fourth-order valence-electron chi connectivity index (χ4n) is 4.25. The minimum atomic E-state index is -0.768. The first kappa shape index (κ1) is 19.1. The largest absolute Gasteiger partial charge is 0.506 e. The van der Waals surface area contributed by atoms with Crippen molar-refractivity contribution in [3.63, 3.8) is 0 Å². The van der Waals surface area contributed by atoms with E-state index in [1.54, 1.807) is 65.5 Å². The third-order valence-corrected chi connectivity index (χ3v) is 5.80. The summed E-state index contributed by atoms with van der Waals surface area (Å²) in [7, 11) is 1.58. The molecule has 9 heteroatoms. The van der Waals surface area contributed by atoms with E-state index in [1.807, 2.05) is 6.92 Å². The first-order chi connectivity index (χ1) is 14.9. The summed E-state index contributed by atoms with van der Waals surface area (Å²) in [6.07, 6.45) is 1.06. The second-order valence-corrected chi connectivity index (χ2v) is 7.70. The number of carbonyl (C=O) groups is 2. The maximum Gasteiger partial charge on any atom is 0.328 e. The standard InChI is InChI=1S/C22H20FN5O3/c1-13-11-26-18-19(24-21(26)28(13)16-9-5-6-10-17(16)29)25(2)22(31)27(20(18)30)12-14-7-3-4-8-15(14)23/h3-11,18-19,29H,12H2,1-2H3. The maximum absolute atomic E-state index is 14.2. The van der Waals surface area contributed by atoms with Gasteiger partial charge in [-0.25, -0.2) is 14.2 Å². The molecule has 3 aliphatic heterocycles. The Morgan fingerprint density at radius 1 is 1.10 bits per heavy atom. The van der Waals surface area contributed by atoms with Gasteiger partial charge in [-0.15, -0.1) is 0 Å². The Morgan fingerprint density at radius 2 is 1.81 bits per heavy atom. The summed E-state index contributed by atoms with van der Waals surface area (Å²) in [4.78, 5) is 36.9. The highest BCUT2D eigenvalue weighted by atomic mass is 19.1. The molecule has 5 rings (SSSR count). The monoisotopic (exact) mass is 421 g/mol. The number of urea groups is 1. The Kier molecular flexibility index (Phi) is 4.21. The molecular formula is C22H20FN5O3. The third-order valence-electron chi connectivity index (χ3n) is 5.80. The van der Waals surface area contributed by atoms with Gasteiger partial charge in [-0.1, -0.05) is 30.3 Å². The number of rotatable bonds is 3. The molecule has 3 aliphatic rings. The van der Waals surface area contributed by atoms with E-state index in [0.717, 1.165) is 10.6 Å². The fraction of sp³-hybridized carbons (Fsp3) is 0.227. The number of imide groups is 1. The van der Waals surface area contributed by atoms with Crippen molar-refractivity contribution in [3.8, 4) is 5.75 Å². The number of nitrogens with zero attached hydrogens (tertiary/aromatic N) is 5. The molecule has 2 aromatic rings. The molecule has 2 atom stereocenters. The van der Waals surface area contributed by atoms with Gasteiger partial charge in [0.15, 0.2) is 12.2 Å². The van der Waals surface area contributed by atoms with Gasteiger partial charge in [0.2, 0.25) is 5.96 Å². The number of anilines is 1. The van der Waals surface area contributed by atoms with E-state index < -0.39 is 30.0 Å². The Morgan fingerprint density at radius 3 is 2.55 bits per heavy atom. The average molecular weight is 421 g/mol. The topological polar surface area (TPSA) is 79.7 Å². The van der Waals surface area contributed by atoms with Gasteiger partial charge in [-0.3, -0.25) is 14.6 Å². The highest BCUT2D eigenvalue weighted by Crippen LogP contribution is 2.39. The van der Waals surface area contributed by atoms with E-state index in [-0.39, 0.29) is 17.9 Å². The molecule has 31 heavy (non-hydrogen) atoms. The number of benzene rings is 2. The molecule has 2 aromatic carbocycles. The van der Waals surface area contributed by atoms with Crippen LogP contribution in [0.15, 0.2) is 65.4 Å². The van der Waals surface area contributed by atoms with Crippen LogP contribution in [0.4, 0.5) is 14.9 Å². The summed E-state index contributed by atoms with van der Waals surface area (Å²) in [5.74, 6) is -0.390. The normalized spacial score (nSPS) is 22.5. The molecule has 1 N–H and O–H groups in total. The number of guanidine groups is 1. The van der Waals surface area contributed by atoms with Gasteiger partial charge in [-0.05, 0) is 25.1 Å². The second kappa shape index (κ2) is 6.83. The number of aliphatic imine (C=N–C) groups is 1. The number of carbonyl (C=O) groups excluding carboxylic acids is 2. The lowest BCUT2D eigenvalue weighted by Gasteiger charge is -2.40. The zero-order valence-electron chi connectivity index (χ0n) is 16.9. The van der Waals surface area contributed by atoms with Crippen molar-refractivity contribution in [2.75, 3.05) is 11.9 Å². The van der Waals surface area contributed by atoms with Crippen LogP contribution in [0.25, 0.3) is 0 Å². The quantitative estimate of drug-likeness (QED) is 0.824. The summed E-state index contributed by atoms with van der Waals surface area (Å²) in [5, 5.41) is 10.3.